The molecule has 0 aliphatic rings. The third-order valence-corrected chi connectivity index (χ3v) is 4.26. The van der Waals surface area contributed by atoms with Gasteiger partial charge < -0.3 is 0 Å². The molecule has 0 aromatic rings. The van der Waals surface area contributed by atoms with Crippen LogP contribution >= 0.6 is 0 Å². The summed E-state index contributed by atoms with van der Waals surface area (Å²) in [5.74, 6) is 10.4. The quantitative estimate of drug-likeness (QED) is 0.478. The Morgan fingerprint density at radius 3 is 1.82 bits per heavy atom. The Morgan fingerprint density at radius 1 is 1.09 bits per heavy atom. The van der Waals surface area contributed by atoms with E-state index in [1.165, 1.54) is 6.04 Å². The molecule has 0 saturated heterocycles. The first-order chi connectivity index (χ1) is 4.71. The van der Waals surface area contributed by atoms with Crippen LogP contribution in [0.3, 0.4) is 0 Å². The second-order valence-electron chi connectivity index (χ2n) is 5.29. The van der Waals surface area contributed by atoms with Crippen molar-refractivity contribution in [3.8, 4) is 10.7 Å². The fraction of sp³-hybridized carbons (Fsp3) is 0.778. The summed E-state index contributed by atoms with van der Waals surface area (Å²) >= 11 is -1.54. The van der Waals surface area contributed by atoms with Gasteiger partial charge in [-0.3, -0.25) is 0 Å². The average molecular weight is 229 g/mol. The van der Waals surface area contributed by atoms with E-state index in [1.807, 2.05) is 0 Å². The van der Waals surface area contributed by atoms with Crippen LogP contribution in [0.2, 0.25) is 43.0 Å². The van der Waals surface area contributed by atoms with Crippen LogP contribution in [0.1, 0.15) is 0 Å². The molecule has 64 valence electrons. The van der Waals surface area contributed by atoms with Crippen LogP contribution in [-0.4, -0.2) is 21.3 Å². The first-order valence-corrected chi connectivity index (χ1v) is 15.3. The van der Waals surface area contributed by atoms with Gasteiger partial charge in [0.05, 0.1) is 0 Å². The first kappa shape index (κ1) is 11.3. The fourth-order valence-corrected chi connectivity index (χ4v) is 2.86. The summed E-state index contributed by atoms with van der Waals surface area (Å²) in [5.41, 5.74) is 0. The van der Waals surface area contributed by atoms with E-state index in [1.54, 1.807) is 0 Å². The molecule has 0 aromatic heterocycles. The van der Waals surface area contributed by atoms with Crippen molar-refractivity contribution in [2.75, 3.05) is 0 Å². The molecular formula is C9H20GeSi. The van der Waals surface area contributed by atoms with Crippen LogP contribution in [0, 0.1) is 10.7 Å². The van der Waals surface area contributed by atoms with Crippen molar-refractivity contribution >= 4 is 21.3 Å². The Kier molecular flexibility index (Phi) is 3.93. The van der Waals surface area contributed by atoms with Crippen molar-refractivity contribution in [2.24, 2.45) is 0 Å². The van der Waals surface area contributed by atoms with E-state index in [0.717, 1.165) is 0 Å². The molecule has 0 aliphatic heterocycles. The van der Waals surface area contributed by atoms with Crippen LogP contribution in [0.25, 0.3) is 0 Å². The molecule has 0 spiro atoms. The van der Waals surface area contributed by atoms with Gasteiger partial charge in [-0.1, -0.05) is 0 Å². The van der Waals surface area contributed by atoms with Gasteiger partial charge in [0.25, 0.3) is 0 Å². The number of rotatable bonds is 1. The zero-order valence-electron chi connectivity index (χ0n) is 8.71. The molecule has 0 aromatic carbocycles. The molecule has 0 atom stereocenters. The number of hydrogen-bond acceptors (Lipinski definition) is 0. The minimum atomic E-state index is -1.54. The molecule has 0 saturated carbocycles. The summed E-state index contributed by atoms with van der Waals surface area (Å²) in [4.78, 5) is 0. The summed E-state index contributed by atoms with van der Waals surface area (Å²) < 4.78 is 3.45. The Balaban J connectivity index is 3.94. The third-order valence-electron chi connectivity index (χ3n) is 1.08. The molecule has 0 aliphatic carbocycles. The van der Waals surface area contributed by atoms with Crippen LogP contribution in [0.4, 0.5) is 0 Å². The van der Waals surface area contributed by atoms with Gasteiger partial charge in [-0.15, -0.1) is 0 Å². The molecule has 0 unspecified atom stereocenters. The molecule has 0 nitrogen and oxygen atoms in total. The summed E-state index contributed by atoms with van der Waals surface area (Å²) in [5, 5.41) is 0. The van der Waals surface area contributed by atoms with Crippen molar-refractivity contribution in [1.29, 1.82) is 0 Å². The summed E-state index contributed by atoms with van der Waals surface area (Å²) in [6.45, 7) is 7.12. The molecule has 0 radical (unpaired) electrons. The zero-order valence-corrected chi connectivity index (χ0v) is 11.8. The van der Waals surface area contributed by atoms with Crippen LogP contribution in [0.5, 0.6) is 0 Å². The molecule has 0 heterocycles. The third kappa shape index (κ3) is 10.3. The SMILES string of the molecule is C[Si](C)(C)CC#[C][Ge]([CH3])([CH3])[CH3]. The van der Waals surface area contributed by atoms with Crippen LogP contribution in [-0.2, 0) is 0 Å². The van der Waals surface area contributed by atoms with E-state index in [-0.39, 0.29) is 0 Å². The molecule has 2 heteroatoms. The summed E-state index contributed by atoms with van der Waals surface area (Å²) in [6.07, 6.45) is 0. The molecule has 0 N–H and O–H groups in total. The van der Waals surface area contributed by atoms with E-state index in [0.29, 0.717) is 0 Å². The van der Waals surface area contributed by atoms with Crippen molar-refractivity contribution in [1.82, 2.24) is 0 Å². The molecule has 0 rings (SSSR count). The van der Waals surface area contributed by atoms with Gasteiger partial charge in [0.1, 0.15) is 0 Å². The second-order valence-corrected chi connectivity index (χ2v) is 20.7. The van der Waals surface area contributed by atoms with E-state index in [4.69, 9.17) is 0 Å². The van der Waals surface area contributed by atoms with E-state index in [9.17, 15) is 0 Å². The van der Waals surface area contributed by atoms with E-state index < -0.39 is 21.3 Å². The first-order valence-electron chi connectivity index (χ1n) is 4.21. The molecular weight excluding hydrogens is 209 g/mol. The predicted molar refractivity (Wildman–Crippen MR) is 59.3 cm³/mol. The maximum absolute atomic E-state index is 3.45. The van der Waals surface area contributed by atoms with Crippen molar-refractivity contribution in [3.63, 3.8) is 0 Å². The predicted octanol–water partition coefficient (Wildman–Crippen LogP) is 3.21. The Morgan fingerprint density at radius 2 is 1.55 bits per heavy atom. The van der Waals surface area contributed by atoms with Gasteiger partial charge in [-0.2, -0.15) is 0 Å². The monoisotopic (exact) mass is 230 g/mol. The Bertz CT molecular complexity index is 172. The van der Waals surface area contributed by atoms with Gasteiger partial charge in [-0.25, -0.2) is 0 Å². The summed E-state index contributed by atoms with van der Waals surface area (Å²) in [6, 6.07) is 1.18. The van der Waals surface area contributed by atoms with E-state index >= 15 is 0 Å². The topological polar surface area (TPSA) is 0 Å². The van der Waals surface area contributed by atoms with Crippen LogP contribution < -0.4 is 0 Å². The molecule has 0 bridgehead atoms. The van der Waals surface area contributed by atoms with Gasteiger partial charge in [0, 0.05) is 0 Å². The van der Waals surface area contributed by atoms with Gasteiger partial charge >= 0.3 is 75.0 Å². The normalized spacial score (nSPS) is 12.2. The van der Waals surface area contributed by atoms with Gasteiger partial charge in [-0.05, 0) is 0 Å². The van der Waals surface area contributed by atoms with E-state index in [2.05, 4.69) is 47.6 Å². The average Bonchev–Trinajstić information content (AvgIpc) is 1.55. The van der Waals surface area contributed by atoms with Crippen molar-refractivity contribution in [3.05, 3.63) is 0 Å². The minimum absolute atomic E-state index is 0.901. The molecule has 0 amide bonds. The van der Waals surface area contributed by atoms with Gasteiger partial charge in [0.2, 0.25) is 0 Å². The van der Waals surface area contributed by atoms with Crippen LogP contribution in [0.15, 0.2) is 0 Å². The van der Waals surface area contributed by atoms with Crippen molar-refractivity contribution in [2.45, 2.75) is 43.0 Å². The molecule has 11 heavy (non-hydrogen) atoms. The summed E-state index contributed by atoms with van der Waals surface area (Å²) in [7, 11) is -0.901. The van der Waals surface area contributed by atoms with Gasteiger partial charge in [0.15, 0.2) is 0 Å². The fourth-order valence-electron chi connectivity index (χ4n) is 0.575. The maximum atomic E-state index is 3.45. The Labute approximate surface area is 75.1 Å². The zero-order chi connectivity index (χ0) is 9.12. The standard InChI is InChI=1S/C9H20GeSi/c1-10(2,3)8-7-9-11(4,5)6/h9H2,1-6H3. The Hall–Kier alpha value is 0.320. The number of hydrogen-bond donors (Lipinski definition) is 0. The second kappa shape index (κ2) is 3.82. The molecule has 0 fully saturated rings. The van der Waals surface area contributed by atoms with Crippen molar-refractivity contribution < 1.29 is 0 Å².